The van der Waals surface area contributed by atoms with Crippen molar-refractivity contribution in [3.8, 4) is 5.75 Å². The molecule has 9 heteroatoms. The largest absolute Gasteiger partial charge is 0.487 e. The highest BCUT2D eigenvalue weighted by Gasteiger charge is 2.37. The molecular weight excluding hydrogens is 431 g/mol. The molecule has 0 spiro atoms. The highest BCUT2D eigenvalue weighted by molar-refractivity contribution is 7.80. The Bertz CT molecular complexity index is 1030. The Balaban J connectivity index is 1.74. The van der Waals surface area contributed by atoms with Gasteiger partial charge in [0.1, 0.15) is 30.4 Å². The van der Waals surface area contributed by atoms with Crippen LogP contribution in [-0.4, -0.2) is 47.5 Å². The number of amides is 1. The number of likely N-dealkylation sites (N-methyl/N-ethyl adjacent to an activating group) is 1. The second kappa shape index (κ2) is 9.23. The van der Waals surface area contributed by atoms with Gasteiger partial charge in [-0.3, -0.25) is 14.5 Å². The summed E-state index contributed by atoms with van der Waals surface area (Å²) in [4.78, 5) is 26.9. The van der Waals surface area contributed by atoms with Crippen LogP contribution in [0.5, 0.6) is 5.75 Å². The first-order valence-electron chi connectivity index (χ1n) is 8.85. The molecule has 0 atom stereocenters. The quantitative estimate of drug-likeness (QED) is 0.382. The molecule has 2 aromatic rings. The number of carbonyl (C=O) groups is 2. The fourth-order valence-corrected chi connectivity index (χ4v) is 3.26. The predicted molar refractivity (Wildman–Crippen MR) is 114 cm³/mol. The van der Waals surface area contributed by atoms with Crippen LogP contribution in [0.3, 0.4) is 0 Å². The van der Waals surface area contributed by atoms with Crippen molar-refractivity contribution in [1.29, 1.82) is 0 Å². The summed E-state index contributed by atoms with van der Waals surface area (Å²) in [5.74, 6) is -0.825. The van der Waals surface area contributed by atoms with Crippen LogP contribution in [0.2, 0.25) is 5.02 Å². The highest BCUT2D eigenvalue weighted by atomic mass is 35.5. The van der Waals surface area contributed by atoms with E-state index in [2.05, 4.69) is 4.74 Å². The molecule has 1 amide bonds. The summed E-state index contributed by atoms with van der Waals surface area (Å²) in [6.45, 7) is -0.0226. The molecule has 1 fully saturated rings. The molecule has 0 aliphatic carbocycles. The lowest BCUT2D eigenvalue weighted by Crippen LogP contribution is -2.36. The number of ether oxygens (including phenoxy) is 2. The van der Waals surface area contributed by atoms with Gasteiger partial charge in [0.15, 0.2) is 5.11 Å². The van der Waals surface area contributed by atoms with Crippen molar-refractivity contribution in [2.75, 3.05) is 20.7 Å². The van der Waals surface area contributed by atoms with Gasteiger partial charge in [0.2, 0.25) is 0 Å². The van der Waals surface area contributed by atoms with E-state index < -0.39 is 11.9 Å². The average Bonchev–Trinajstić information content (AvgIpc) is 2.92. The lowest BCUT2D eigenvalue weighted by atomic mass is 10.1. The Morgan fingerprint density at radius 2 is 1.93 bits per heavy atom. The van der Waals surface area contributed by atoms with Gasteiger partial charge in [-0.2, -0.15) is 0 Å². The van der Waals surface area contributed by atoms with Crippen LogP contribution in [0.15, 0.2) is 48.2 Å². The molecule has 3 rings (SSSR count). The molecule has 0 saturated carbocycles. The maximum Gasteiger partial charge on any atom is 0.325 e. The van der Waals surface area contributed by atoms with E-state index in [1.807, 2.05) is 0 Å². The fourth-order valence-electron chi connectivity index (χ4n) is 2.77. The minimum atomic E-state index is -0.564. The van der Waals surface area contributed by atoms with Crippen molar-refractivity contribution in [3.63, 3.8) is 0 Å². The fraction of sp³-hybridized carbons (Fsp3) is 0.190. The van der Waals surface area contributed by atoms with E-state index in [0.29, 0.717) is 22.0 Å². The topological polar surface area (TPSA) is 59.1 Å². The molecule has 0 radical (unpaired) electrons. The second-order valence-electron chi connectivity index (χ2n) is 6.44. The Morgan fingerprint density at radius 3 is 2.57 bits per heavy atom. The summed E-state index contributed by atoms with van der Waals surface area (Å²) < 4.78 is 23.3. The summed E-state index contributed by atoms with van der Waals surface area (Å²) in [5.41, 5.74) is 1.77. The van der Waals surface area contributed by atoms with E-state index in [9.17, 15) is 14.0 Å². The Labute approximate surface area is 183 Å². The number of halogens is 2. The van der Waals surface area contributed by atoms with Crippen LogP contribution in [0.1, 0.15) is 11.1 Å². The second-order valence-corrected chi connectivity index (χ2v) is 7.22. The number of hydrogen-bond acceptors (Lipinski definition) is 5. The maximum absolute atomic E-state index is 13.0. The third-order valence-corrected chi connectivity index (χ3v) is 5.21. The molecule has 1 heterocycles. The van der Waals surface area contributed by atoms with Gasteiger partial charge in [0.05, 0.1) is 12.1 Å². The summed E-state index contributed by atoms with van der Waals surface area (Å²) in [6, 6.07) is 11.1. The first-order valence-corrected chi connectivity index (χ1v) is 9.63. The zero-order valence-electron chi connectivity index (χ0n) is 16.2. The maximum atomic E-state index is 13.0. The van der Waals surface area contributed by atoms with Crippen molar-refractivity contribution in [1.82, 2.24) is 9.80 Å². The SMILES string of the molecule is COC(=O)CN1C(=O)/C(=C/c2ccc(OCc3ccc(F)cc3)c(Cl)c2)N(C)C1=S. The molecule has 1 aliphatic heterocycles. The van der Waals surface area contributed by atoms with Gasteiger partial charge in [0, 0.05) is 7.05 Å². The van der Waals surface area contributed by atoms with Gasteiger partial charge in [-0.1, -0.05) is 29.8 Å². The Morgan fingerprint density at radius 1 is 1.23 bits per heavy atom. The van der Waals surface area contributed by atoms with Gasteiger partial charge >= 0.3 is 5.97 Å². The van der Waals surface area contributed by atoms with E-state index in [1.54, 1.807) is 43.5 Å². The van der Waals surface area contributed by atoms with Crippen LogP contribution in [0.4, 0.5) is 4.39 Å². The van der Waals surface area contributed by atoms with E-state index in [1.165, 1.54) is 29.0 Å². The molecule has 30 heavy (non-hydrogen) atoms. The molecule has 6 nitrogen and oxygen atoms in total. The molecule has 0 unspecified atom stereocenters. The average molecular weight is 449 g/mol. The molecular formula is C21H18ClFN2O4S. The predicted octanol–water partition coefficient (Wildman–Crippen LogP) is 3.63. The van der Waals surface area contributed by atoms with Gasteiger partial charge < -0.3 is 14.4 Å². The smallest absolute Gasteiger partial charge is 0.325 e. The summed E-state index contributed by atoms with van der Waals surface area (Å²) in [7, 11) is 2.89. The first kappa shape index (κ1) is 21.7. The standard InChI is InChI=1S/C21H18ClFN2O4S/c1-24-17(20(27)25(21(24)30)11-19(26)28-2)10-14-5-8-18(16(22)9-14)29-12-13-3-6-15(23)7-4-13/h3-10H,11-12H2,1-2H3/b17-10-. The van der Waals surface area contributed by atoms with Crippen molar-refractivity contribution in [3.05, 3.63) is 70.1 Å². The minimum absolute atomic E-state index is 0.210. The summed E-state index contributed by atoms with van der Waals surface area (Å²) in [5, 5.41) is 0.565. The van der Waals surface area contributed by atoms with Crippen LogP contribution < -0.4 is 4.74 Å². The number of carbonyl (C=O) groups excluding carboxylic acids is 2. The third kappa shape index (κ3) is 4.77. The Kier molecular flexibility index (Phi) is 6.69. The summed E-state index contributed by atoms with van der Waals surface area (Å²) in [6.07, 6.45) is 1.63. The van der Waals surface area contributed by atoms with Crippen LogP contribution in [0.25, 0.3) is 6.08 Å². The number of benzene rings is 2. The lowest BCUT2D eigenvalue weighted by Gasteiger charge is -2.14. The van der Waals surface area contributed by atoms with Crippen molar-refractivity contribution >= 4 is 46.9 Å². The van der Waals surface area contributed by atoms with E-state index in [-0.39, 0.29) is 24.1 Å². The molecule has 1 aliphatic rings. The van der Waals surface area contributed by atoms with Crippen LogP contribution in [-0.2, 0) is 20.9 Å². The molecule has 0 bridgehead atoms. The normalized spacial score (nSPS) is 15.1. The molecule has 0 N–H and O–H groups in total. The number of esters is 1. The molecule has 1 saturated heterocycles. The number of nitrogens with zero attached hydrogens (tertiary/aromatic N) is 2. The number of rotatable bonds is 6. The van der Waals surface area contributed by atoms with E-state index in [0.717, 1.165) is 5.56 Å². The zero-order valence-corrected chi connectivity index (χ0v) is 17.8. The molecule has 2 aromatic carbocycles. The monoisotopic (exact) mass is 448 g/mol. The van der Waals surface area contributed by atoms with Gasteiger partial charge in [0.25, 0.3) is 5.91 Å². The summed E-state index contributed by atoms with van der Waals surface area (Å²) >= 11 is 11.6. The highest BCUT2D eigenvalue weighted by Crippen LogP contribution is 2.29. The van der Waals surface area contributed by atoms with Gasteiger partial charge in [-0.15, -0.1) is 0 Å². The van der Waals surface area contributed by atoms with E-state index in [4.69, 9.17) is 28.6 Å². The van der Waals surface area contributed by atoms with Crippen molar-refractivity contribution in [2.24, 2.45) is 0 Å². The van der Waals surface area contributed by atoms with Crippen molar-refractivity contribution in [2.45, 2.75) is 6.61 Å². The van der Waals surface area contributed by atoms with Gasteiger partial charge in [-0.25, -0.2) is 4.39 Å². The molecule has 156 valence electrons. The van der Waals surface area contributed by atoms with Crippen LogP contribution in [0, 0.1) is 5.82 Å². The molecule has 0 aromatic heterocycles. The number of hydrogen-bond donors (Lipinski definition) is 0. The van der Waals surface area contributed by atoms with Crippen molar-refractivity contribution < 1.29 is 23.5 Å². The zero-order chi connectivity index (χ0) is 21.8. The third-order valence-electron chi connectivity index (χ3n) is 4.43. The lowest BCUT2D eigenvalue weighted by molar-refractivity contribution is -0.143. The number of methoxy groups -OCH3 is 1. The van der Waals surface area contributed by atoms with E-state index >= 15 is 0 Å². The Hall–Kier alpha value is -2.97. The minimum Gasteiger partial charge on any atom is -0.487 e. The first-order chi connectivity index (χ1) is 14.3. The van der Waals surface area contributed by atoms with Crippen LogP contribution >= 0.6 is 23.8 Å². The van der Waals surface area contributed by atoms with Gasteiger partial charge in [-0.05, 0) is 53.7 Å². The number of thiocarbonyl (C=S) groups is 1.